The summed E-state index contributed by atoms with van der Waals surface area (Å²) in [6.45, 7) is 0. The van der Waals surface area contributed by atoms with Gasteiger partial charge < -0.3 is 0 Å². The van der Waals surface area contributed by atoms with E-state index in [1.807, 2.05) is 0 Å². The zero-order valence-electron chi connectivity index (χ0n) is 5.80. The lowest BCUT2D eigenvalue weighted by Gasteiger charge is -1.99. The van der Waals surface area contributed by atoms with Gasteiger partial charge >= 0.3 is 0 Å². The minimum Gasteiger partial charge on any atom is -0.255 e. The third-order valence-electron chi connectivity index (χ3n) is 1.20. The fourth-order valence-electron chi connectivity index (χ4n) is 0.708. The van der Waals surface area contributed by atoms with Crippen LogP contribution in [0.5, 0.6) is 0 Å². The van der Waals surface area contributed by atoms with E-state index in [0.29, 0.717) is 5.02 Å². The molecule has 0 aliphatic carbocycles. The van der Waals surface area contributed by atoms with Gasteiger partial charge in [-0.15, -0.1) is 0 Å². The quantitative estimate of drug-likeness (QED) is 0.729. The Balaban J connectivity index is 3.20. The fraction of sp³-hybridized carbons (Fsp3) is 0.143. The minimum absolute atomic E-state index is 0.684. The van der Waals surface area contributed by atoms with Gasteiger partial charge in [0, 0.05) is 14.8 Å². The molecule has 1 aromatic carbocycles. The van der Waals surface area contributed by atoms with E-state index in [1.165, 1.54) is 0 Å². The molecular weight excluding hydrogens is 294 g/mol. The van der Waals surface area contributed by atoms with Crippen LogP contribution in [-0.4, -0.2) is 10.5 Å². The molecular formula is C7H6ClIOS. The highest BCUT2D eigenvalue weighted by Gasteiger charge is 2.02. The monoisotopic (exact) mass is 300 g/mol. The maximum atomic E-state index is 11.0. The molecule has 0 aliphatic rings. The molecule has 0 heterocycles. The van der Waals surface area contributed by atoms with Crippen LogP contribution in [0.1, 0.15) is 0 Å². The lowest BCUT2D eigenvalue weighted by Crippen LogP contribution is -1.90. The summed E-state index contributed by atoms with van der Waals surface area (Å²) in [5.41, 5.74) is 0. The first kappa shape index (κ1) is 9.48. The summed E-state index contributed by atoms with van der Waals surface area (Å²) < 4.78 is 12.0. The molecule has 1 unspecified atom stereocenters. The van der Waals surface area contributed by atoms with Crippen molar-refractivity contribution < 1.29 is 4.21 Å². The van der Waals surface area contributed by atoms with E-state index in [9.17, 15) is 4.21 Å². The number of halogens is 2. The van der Waals surface area contributed by atoms with Crippen molar-refractivity contribution >= 4 is 45.0 Å². The Morgan fingerprint density at radius 2 is 2.18 bits per heavy atom. The van der Waals surface area contributed by atoms with Crippen molar-refractivity contribution in [1.82, 2.24) is 0 Å². The van der Waals surface area contributed by atoms with Crippen LogP contribution in [0.2, 0.25) is 5.02 Å². The van der Waals surface area contributed by atoms with Gasteiger partial charge in [-0.25, -0.2) is 0 Å². The number of hydrogen-bond acceptors (Lipinski definition) is 1. The van der Waals surface area contributed by atoms with Gasteiger partial charge in [0.2, 0.25) is 0 Å². The zero-order valence-corrected chi connectivity index (χ0v) is 9.53. The van der Waals surface area contributed by atoms with Gasteiger partial charge in [0.05, 0.1) is 15.7 Å². The van der Waals surface area contributed by atoms with Gasteiger partial charge in [-0.1, -0.05) is 11.6 Å². The summed E-state index contributed by atoms with van der Waals surface area (Å²) in [6, 6.07) is 5.35. The van der Waals surface area contributed by atoms with Crippen molar-refractivity contribution in [2.45, 2.75) is 4.90 Å². The van der Waals surface area contributed by atoms with Gasteiger partial charge in [0.25, 0.3) is 0 Å². The van der Waals surface area contributed by atoms with Crippen LogP contribution in [0, 0.1) is 3.57 Å². The fourth-order valence-corrected chi connectivity index (χ4v) is 3.10. The lowest BCUT2D eigenvalue weighted by atomic mass is 10.4. The van der Waals surface area contributed by atoms with Crippen molar-refractivity contribution in [1.29, 1.82) is 0 Å². The van der Waals surface area contributed by atoms with Crippen LogP contribution in [0.3, 0.4) is 0 Å². The molecule has 0 spiro atoms. The molecule has 0 fully saturated rings. The highest BCUT2D eigenvalue weighted by atomic mass is 127. The summed E-state index contributed by atoms with van der Waals surface area (Å²) in [6.07, 6.45) is 1.66. The van der Waals surface area contributed by atoms with E-state index >= 15 is 0 Å². The molecule has 1 atom stereocenters. The standard InChI is InChI=1S/C7H6ClIOS/c1-11(10)7-3-2-5(8)4-6(7)9/h2-4H,1H3. The van der Waals surface area contributed by atoms with Crippen LogP contribution >= 0.6 is 34.2 Å². The molecule has 0 bridgehead atoms. The van der Waals surface area contributed by atoms with Crippen LogP contribution < -0.4 is 0 Å². The van der Waals surface area contributed by atoms with Crippen molar-refractivity contribution in [2.75, 3.05) is 6.26 Å². The van der Waals surface area contributed by atoms with Gasteiger partial charge in [-0.05, 0) is 40.8 Å². The molecule has 0 amide bonds. The summed E-state index contributed by atoms with van der Waals surface area (Å²) in [5.74, 6) is 0. The average Bonchev–Trinajstić information content (AvgIpc) is 1.85. The van der Waals surface area contributed by atoms with Crippen LogP contribution in [0.25, 0.3) is 0 Å². The molecule has 1 rings (SSSR count). The van der Waals surface area contributed by atoms with E-state index in [2.05, 4.69) is 22.6 Å². The second kappa shape index (κ2) is 3.87. The molecule has 60 valence electrons. The highest BCUT2D eigenvalue weighted by Crippen LogP contribution is 2.19. The van der Waals surface area contributed by atoms with E-state index in [1.54, 1.807) is 24.5 Å². The van der Waals surface area contributed by atoms with E-state index in [-0.39, 0.29) is 0 Å². The average molecular weight is 301 g/mol. The normalized spacial score (nSPS) is 13.0. The summed E-state index contributed by atoms with van der Waals surface area (Å²) >= 11 is 7.84. The Labute approximate surface area is 86.7 Å². The van der Waals surface area contributed by atoms with E-state index < -0.39 is 10.8 Å². The summed E-state index contributed by atoms with van der Waals surface area (Å²) in [5, 5.41) is 0.684. The Morgan fingerprint density at radius 3 is 2.64 bits per heavy atom. The van der Waals surface area contributed by atoms with Crippen molar-refractivity contribution in [3.05, 3.63) is 26.8 Å². The number of benzene rings is 1. The van der Waals surface area contributed by atoms with Crippen molar-refractivity contribution in [3.63, 3.8) is 0 Å². The number of rotatable bonds is 1. The minimum atomic E-state index is -0.915. The predicted molar refractivity (Wildman–Crippen MR) is 56.5 cm³/mol. The van der Waals surface area contributed by atoms with Crippen LogP contribution in [0.4, 0.5) is 0 Å². The van der Waals surface area contributed by atoms with Gasteiger partial charge in [0.15, 0.2) is 0 Å². The first-order valence-corrected chi connectivity index (χ1v) is 5.91. The Bertz CT molecular complexity index is 300. The highest BCUT2D eigenvalue weighted by molar-refractivity contribution is 14.1. The van der Waals surface area contributed by atoms with Crippen molar-refractivity contribution in [2.24, 2.45) is 0 Å². The first-order valence-electron chi connectivity index (χ1n) is 2.90. The van der Waals surface area contributed by atoms with Crippen molar-refractivity contribution in [3.8, 4) is 0 Å². The summed E-state index contributed by atoms with van der Waals surface area (Å²) in [7, 11) is -0.915. The maximum absolute atomic E-state index is 11.0. The molecule has 0 saturated carbocycles. The smallest absolute Gasteiger partial charge is 0.0519 e. The zero-order chi connectivity index (χ0) is 8.43. The maximum Gasteiger partial charge on any atom is 0.0519 e. The lowest BCUT2D eigenvalue weighted by molar-refractivity contribution is 0.686. The molecule has 0 saturated heterocycles. The molecule has 1 nitrogen and oxygen atoms in total. The number of hydrogen-bond donors (Lipinski definition) is 0. The van der Waals surface area contributed by atoms with Gasteiger partial charge in [0.1, 0.15) is 0 Å². The summed E-state index contributed by atoms with van der Waals surface area (Å²) in [4.78, 5) is 0.843. The Kier molecular flexibility index (Phi) is 3.33. The van der Waals surface area contributed by atoms with Crippen LogP contribution in [0.15, 0.2) is 23.1 Å². The molecule has 0 N–H and O–H groups in total. The Morgan fingerprint density at radius 1 is 1.55 bits per heavy atom. The largest absolute Gasteiger partial charge is 0.255 e. The first-order chi connectivity index (χ1) is 5.11. The SMILES string of the molecule is CS(=O)c1ccc(Cl)cc1I. The molecule has 1 aromatic rings. The third kappa shape index (κ3) is 2.42. The second-order valence-electron chi connectivity index (χ2n) is 2.03. The molecule has 11 heavy (non-hydrogen) atoms. The molecule has 4 heteroatoms. The van der Waals surface area contributed by atoms with Crippen LogP contribution in [-0.2, 0) is 10.8 Å². The second-order valence-corrected chi connectivity index (χ2v) is 4.98. The molecule has 0 radical (unpaired) electrons. The van der Waals surface area contributed by atoms with E-state index in [4.69, 9.17) is 11.6 Å². The topological polar surface area (TPSA) is 17.1 Å². The van der Waals surface area contributed by atoms with Gasteiger partial charge in [-0.3, -0.25) is 4.21 Å². The predicted octanol–water partition coefficient (Wildman–Crippen LogP) is 2.68. The molecule has 0 aliphatic heterocycles. The third-order valence-corrected chi connectivity index (χ3v) is 3.67. The molecule has 0 aromatic heterocycles. The van der Waals surface area contributed by atoms with E-state index in [0.717, 1.165) is 8.47 Å². The van der Waals surface area contributed by atoms with Gasteiger partial charge in [-0.2, -0.15) is 0 Å². The Hall–Kier alpha value is 0.390.